The number of nitrogens with zero attached hydrogens (tertiary/aromatic N) is 2. The summed E-state index contributed by atoms with van der Waals surface area (Å²) in [5.74, 6) is 0. The van der Waals surface area contributed by atoms with E-state index < -0.39 is 0 Å². The lowest BCUT2D eigenvalue weighted by Crippen LogP contribution is -2.33. The van der Waals surface area contributed by atoms with Crippen LogP contribution in [-0.2, 0) is 11.0 Å². The molecule has 0 aromatic carbocycles. The van der Waals surface area contributed by atoms with E-state index in [-0.39, 0.29) is 16.5 Å². The molecule has 3 nitrogen and oxygen atoms in total. The van der Waals surface area contributed by atoms with Crippen molar-refractivity contribution in [3.63, 3.8) is 0 Å². The maximum absolute atomic E-state index is 11.3. The molecule has 0 fully saturated rings. The van der Waals surface area contributed by atoms with Gasteiger partial charge in [-0.15, -0.1) is 0 Å². The first-order valence-corrected chi connectivity index (χ1v) is 5.22. The Labute approximate surface area is 91.2 Å². The van der Waals surface area contributed by atoms with Crippen molar-refractivity contribution in [2.45, 2.75) is 52.5 Å². The van der Waals surface area contributed by atoms with Gasteiger partial charge >= 0.3 is 0 Å². The van der Waals surface area contributed by atoms with E-state index in [1.165, 1.54) is 0 Å². The van der Waals surface area contributed by atoms with E-state index >= 15 is 0 Å². The van der Waals surface area contributed by atoms with Gasteiger partial charge in [-0.1, -0.05) is 20.8 Å². The van der Waals surface area contributed by atoms with E-state index in [1.807, 2.05) is 0 Å². The Morgan fingerprint density at radius 3 is 2.07 bits per heavy atom. The summed E-state index contributed by atoms with van der Waals surface area (Å²) in [5, 5.41) is 0. The Morgan fingerprint density at radius 1 is 1.13 bits per heavy atom. The molecule has 0 atom stereocenters. The molecule has 0 aliphatic heterocycles. The molecule has 84 valence electrons. The van der Waals surface area contributed by atoms with Crippen molar-refractivity contribution in [2.24, 2.45) is 0 Å². The van der Waals surface area contributed by atoms with Crippen molar-refractivity contribution >= 4 is 0 Å². The van der Waals surface area contributed by atoms with Gasteiger partial charge in [-0.25, -0.2) is 0 Å². The highest BCUT2D eigenvalue weighted by atomic mass is 16.1. The Bertz CT molecular complexity index is 405. The normalized spacial score (nSPS) is 12.9. The quantitative estimate of drug-likeness (QED) is 0.655. The van der Waals surface area contributed by atoms with Crippen LogP contribution in [0, 0.1) is 0 Å². The van der Waals surface area contributed by atoms with Crippen molar-refractivity contribution < 1.29 is 0 Å². The van der Waals surface area contributed by atoms with Gasteiger partial charge < -0.3 is 4.57 Å². The van der Waals surface area contributed by atoms with Gasteiger partial charge in [-0.2, -0.15) is 4.98 Å². The third-order valence-corrected chi connectivity index (χ3v) is 2.31. The molecule has 0 bridgehead atoms. The van der Waals surface area contributed by atoms with E-state index in [2.05, 4.69) is 51.1 Å². The molecule has 1 heterocycles. The van der Waals surface area contributed by atoms with Crippen molar-refractivity contribution in [3.8, 4) is 0 Å². The van der Waals surface area contributed by atoms with Crippen LogP contribution < -0.4 is 5.56 Å². The molecule has 0 amide bonds. The van der Waals surface area contributed by atoms with Crippen molar-refractivity contribution in [1.82, 2.24) is 9.55 Å². The standard InChI is InChI=1S/C12H20N2O/c1-11(2,3)9-7-10(15)13-8-14(9)12(4,5)6/h7-8H,1-6H3. The van der Waals surface area contributed by atoms with Gasteiger partial charge in [0.1, 0.15) is 0 Å². The molecule has 0 aliphatic rings. The lowest BCUT2D eigenvalue weighted by Gasteiger charge is -2.32. The number of hydrogen-bond acceptors (Lipinski definition) is 2. The zero-order chi connectivity index (χ0) is 11.9. The SMILES string of the molecule is CC(C)(C)c1cc(=O)ncn1C(C)(C)C. The Morgan fingerprint density at radius 2 is 1.67 bits per heavy atom. The molecule has 0 saturated heterocycles. The van der Waals surface area contributed by atoms with Crippen LogP contribution in [-0.4, -0.2) is 9.55 Å². The average molecular weight is 208 g/mol. The highest BCUT2D eigenvalue weighted by molar-refractivity contribution is 5.14. The van der Waals surface area contributed by atoms with E-state index in [0.29, 0.717) is 0 Å². The predicted molar refractivity (Wildman–Crippen MR) is 62.2 cm³/mol. The molecule has 1 aromatic rings. The Hall–Kier alpha value is -1.12. The summed E-state index contributed by atoms with van der Waals surface area (Å²) in [6.07, 6.45) is 1.64. The Kier molecular flexibility index (Phi) is 2.77. The molecule has 3 heteroatoms. The highest BCUT2D eigenvalue weighted by Gasteiger charge is 2.23. The summed E-state index contributed by atoms with van der Waals surface area (Å²) >= 11 is 0. The lowest BCUT2D eigenvalue weighted by atomic mass is 9.90. The van der Waals surface area contributed by atoms with Gasteiger partial charge in [0.15, 0.2) is 0 Å². The largest absolute Gasteiger partial charge is 0.330 e. The molecule has 0 saturated carbocycles. The molecule has 0 unspecified atom stereocenters. The molecule has 15 heavy (non-hydrogen) atoms. The zero-order valence-corrected chi connectivity index (χ0v) is 10.5. The maximum Gasteiger partial charge on any atom is 0.272 e. The molecular formula is C12H20N2O. The summed E-state index contributed by atoms with van der Waals surface area (Å²) in [6, 6.07) is 1.63. The average Bonchev–Trinajstić information content (AvgIpc) is 2.00. The van der Waals surface area contributed by atoms with Crippen molar-refractivity contribution in [2.75, 3.05) is 0 Å². The molecule has 1 rings (SSSR count). The minimum atomic E-state index is -0.166. The first kappa shape index (κ1) is 12.0. The van der Waals surface area contributed by atoms with Crippen LogP contribution >= 0.6 is 0 Å². The van der Waals surface area contributed by atoms with Gasteiger partial charge in [-0.05, 0) is 20.8 Å². The lowest BCUT2D eigenvalue weighted by molar-refractivity contribution is 0.349. The third kappa shape index (κ3) is 2.67. The predicted octanol–water partition coefficient (Wildman–Crippen LogP) is 2.30. The highest BCUT2D eigenvalue weighted by Crippen LogP contribution is 2.25. The Balaban J connectivity index is 3.48. The van der Waals surface area contributed by atoms with Crippen LogP contribution in [0.2, 0.25) is 0 Å². The molecule has 0 spiro atoms. The summed E-state index contributed by atoms with van der Waals surface area (Å²) < 4.78 is 2.06. The smallest absolute Gasteiger partial charge is 0.272 e. The van der Waals surface area contributed by atoms with Crippen LogP contribution in [0.5, 0.6) is 0 Å². The van der Waals surface area contributed by atoms with E-state index in [0.717, 1.165) is 5.69 Å². The summed E-state index contributed by atoms with van der Waals surface area (Å²) in [5.41, 5.74) is 0.758. The van der Waals surface area contributed by atoms with Crippen LogP contribution in [0.4, 0.5) is 0 Å². The first-order valence-electron chi connectivity index (χ1n) is 5.22. The van der Waals surface area contributed by atoms with E-state index in [1.54, 1.807) is 12.4 Å². The minimum Gasteiger partial charge on any atom is -0.330 e. The fourth-order valence-electron chi connectivity index (χ4n) is 1.51. The van der Waals surface area contributed by atoms with Gasteiger partial charge in [0.05, 0.1) is 6.33 Å². The van der Waals surface area contributed by atoms with E-state index in [4.69, 9.17) is 0 Å². The summed E-state index contributed by atoms with van der Waals surface area (Å²) in [4.78, 5) is 15.1. The second kappa shape index (κ2) is 3.47. The van der Waals surface area contributed by atoms with Gasteiger partial charge in [0.25, 0.3) is 5.56 Å². The van der Waals surface area contributed by atoms with Crippen LogP contribution in [0.15, 0.2) is 17.2 Å². The minimum absolute atomic E-state index is 0.0463. The second-order valence-corrected chi connectivity index (χ2v) is 5.90. The van der Waals surface area contributed by atoms with Crippen LogP contribution in [0.3, 0.4) is 0 Å². The van der Waals surface area contributed by atoms with Crippen LogP contribution in [0.1, 0.15) is 47.2 Å². The van der Waals surface area contributed by atoms with Gasteiger partial charge in [0.2, 0.25) is 0 Å². The third-order valence-electron chi connectivity index (χ3n) is 2.31. The van der Waals surface area contributed by atoms with Gasteiger partial charge in [0, 0.05) is 22.7 Å². The summed E-state index contributed by atoms with van der Waals surface area (Å²) in [6.45, 7) is 12.6. The fourth-order valence-corrected chi connectivity index (χ4v) is 1.51. The molecule has 0 radical (unpaired) electrons. The van der Waals surface area contributed by atoms with Crippen molar-refractivity contribution in [1.29, 1.82) is 0 Å². The maximum atomic E-state index is 11.3. The zero-order valence-electron chi connectivity index (χ0n) is 10.5. The summed E-state index contributed by atoms with van der Waals surface area (Å²) in [7, 11) is 0. The van der Waals surface area contributed by atoms with E-state index in [9.17, 15) is 4.79 Å². The first-order chi connectivity index (χ1) is 6.62. The topological polar surface area (TPSA) is 34.9 Å². The monoisotopic (exact) mass is 208 g/mol. The number of hydrogen-bond donors (Lipinski definition) is 0. The van der Waals surface area contributed by atoms with Crippen LogP contribution in [0.25, 0.3) is 0 Å². The van der Waals surface area contributed by atoms with Gasteiger partial charge in [-0.3, -0.25) is 4.79 Å². The molecule has 0 N–H and O–H groups in total. The number of rotatable bonds is 0. The molecular weight excluding hydrogens is 188 g/mol. The second-order valence-electron chi connectivity index (χ2n) is 5.90. The molecule has 0 aliphatic carbocycles. The fraction of sp³-hybridized carbons (Fsp3) is 0.667. The van der Waals surface area contributed by atoms with Crippen molar-refractivity contribution in [3.05, 3.63) is 28.4 Å². The number of aromatic nitrogens is 2. The molecule has 1 aromatic heterocycles.